The fraction of sp³-hybridized carbons (Fsp3) is 0.222. The molecule has 0 spiro atoms. The quantitative estimate of drug-likeness (QED) is 0.818. The molecule has 6 heteroatoms. The lowest BCUT2D eigenvalue weighted by molar-refractivity contribution is -0.121. The number of benzene rings is 1. The van der Waals surface area contributed by atoms with E-state index in [1.54, 1.807) is 30.5 Å². The van der Waals surface area contributed by atoms with Crippen molar-refractivity contribution in [1.82, 2.24) is 10.3 Å². The second-order valence-electron chi connectivity index (χ2n) is 5.33. The third-order valence-electron chi connectivity index (χ3n) is 3.36. The van der Waals surface area contributed by atoms with Crippen molar-refractivity contribution >= 4 is 23.3 Å². The zero-order chi connectivity index (χ0) is 17.4. The molecule has 6 nitrogen and oxygen atoms in total. The summed E-state index contributed by atoms with van der Waals surface area (Å²) in [5, 5.41) is 5.57. The Morgan fingerprint density at radius 2 is 1.83 bits per heavy atom. The molecule has 0 saturated heterocycles. The van der Waals surface area contributed by atoms with Gasteiger partial charge in [0.2, 0.25) is 5.91 Å². The van der Waals surface area contributed by atoms with Gasteiger partial charge in [0.25, 0.3) is 5.91 Å². The number of nitrogens with zero attached hydrogens (tertiary/aromatic N) is 1. The molecule has 2 N–H and O–H groups in total. The van der Waals surface area contributed by atoms with Crippen molar-refractivity contribution in [3.8, 4) is 0 Å². The normalized spacial score (nSPS) is 10.0. The molecule has 124 valence electrons. The lowest BCUT2D eigenvalue weighted by atomic mass is 10.1. The summed E-state index contributed by atoms with van der Waals surface area (Å²) in [6, 6.07) is 10.6. The molecule has 0 aliphatic rings. The van der Waals surface area contributed by atoms with Gasteiger partial charge in [-0.1, -0.05) is 18.2 Å². The van der Waals surface area contributed by atoms with Crippen LogP contribution in [0.3, 0.4) is 0 Å². The van der Waals surface area contributed by atoms with E-state index in [0.29, 0.717) is 11.3 Å². The summed E-state index contributed by atoms with van der Waals surface area (Å²) in [5.74, 6) is -0.487. The van der Waals surface area contributed by atoms with Gasteiger partial charge in [-0.15, -0.1) is 0 Å². The fourth-order valence-electron chi connectivity index (χ4n) is 2.07. The summed E-state index contributed by atoms with van der Waals surface area (Å²) in [4.78, 5) is 38.8. The third-order valence-corrected chi connectivity index (χ3v) is 3.36. The molecule has 2 amide bonds. The molecule has 2 aromatic rings. The Hall–Kier alpha value is -3.02. The summed E-state index contributed by atoms with van der Waals surface area (Å²) < 4.78 is 0. The summed E-state index contributed by atoms with van der Waals surface area (Å²) in [7, 11) is 0. The second-order valence-corrected chi connectivity index (χ2v) is 5.33. The van der Waals surface area contributed by atoms with Crippen LogP contribution in [0.4, 0.5) is 5.69 Å². The molecule has 2 rings (SSSR count). The number of para-hydroxylation sites is 1. The van der Waals surface area contributed by atoms with E-state index in [1.807, 2.05) is 12.1 Å². The van der Waals surface area contributed by atoms with Crippen LogP contribution in [0.5, 0.6) is 0 Å². The highest BCUT2D eigenvalue weighted by Gasteiger charge is 2.09. The number of pyridine rings is 1. The minimum atomic E-state index is -0.235. The highest BCUT2D eigenvalue weighted by Crippen LogP contribution is 2.15. The van der Waals surface area contributed by atoms with Crippen molar-refractivity contribution in [2.24, 2.45) is 0 Å². The number of hydrogen-bond donors (Lipinski definition) is 2. The molecule has 0 unspecified atom stereocenters. The maximum absolute atomic E-state index is 12.1. The first kappa shape index (κ1) is 17.3. The van der Waals surface area contributed by atoms with Gasteiger partial charge < -0.3 is 15.4 Å². The lowest BCUT2D eigenvalue weighted by Gasteiger charge is -2.12. The molecular formula is C18H19N3O3. The molecule has 0 aliphatic carbocycles. The molecule has 0 radical (unpaired) electrons. The molecule has 0 bridgehead atoms. The number of rotatable bonds is 7. The van der Waals surface area contributed by atoms with Gasteiger partial charge in [-0.2, -0.15) is 0 Å². The van der Waals surface area contributed by atoms with Gasteiger partial charge in [0.15, 0.2) is 0 Å². The smallest absolute Gasteiger partial charge is 0.253 e. The number of nitrogens with one attached hydrogen (secondary N) is 2. The summed E-state index contributed by atoms with van der Waals surface area (Å²) in [6.07, 6.45) is 3.45. The molecule has 0 fully saturated rings. The van der Waals surface area contributed by atoms with E-state index in [2.05, 4.69) is 15.6 Å². The van der Waals surface area contributed by atoms with E-state index in [-0.39, 0.29) is 37.0 Å². The van der Waals surface area contributed by atoms with Crippen molar-refractivity contribution in [2.45, 2.75) is 26.3 Å². The standard InChI is InChI=1S/C18H19N3O3/c1-13(22)8-9-17(23)21-16-7-3-2-5-14(16)12-20-18(24)15-6-4-10-19-11-15/h2-7,10-11H,8-9,12H2,1H3,(H,20,24)(H,21,23). The summed E-state index contributed by atoms with van der Waals surface area (Å²) in [5.41, 5.74) is 1.88. The number of carbonyl (C=O) groups is 3. The van der Waals surface area contributed by atoms with Crippen LogP contribution >= 0.6 is 0 Å². The number of amides is 2. The Kier molecular flexibility index (Phi) is 6.19. The average molecular weight is 325 g/mol. The van der Waals surface area contributed by atoms with Crippen molar-refractivity contribution in [3.63, 3.8) is 0 Å². The second kappa shape index (κ2) is 8.57. The fourth-order valence-corrected chi connectivity index (χ4v) is 2.07. The maximum atomic E-state index is 12.1. The number of Topliss-reactive ketones (excluding diaryl/α,β-unsaturated/α-hetero) is 1. The van der Waals surface area contributed by atoms with Crippen LogP contribution in [0.2, 0.25) is 0 Å². The topological polar surface area (TPSA) is 88.2 Å². The van der Waals surface area contributed by atoms with Crippen LogP contribution in [0.15, 0.2) is 48.8 Å². The molecular weight excluding hydrogens is 306 g/mol. The van der Waals surface area contributed by atoms with E-state index in [1.165, 1.54) is 13.1 Å². The van der Waals surface area contributed by atoms with E-state index < -0.39 is 0 Å². The Morgan fingerprint density at radius 3 is 2.54 bits per heavy atom. The van der Waals surface area contributed by atoms with Crippen LogP contribution in [0.25, 0.3) is 0 Å². The van der Waals surface area contributed by atoms with Gasteiger partial charge in [-0.05, 0) is 30.7 Å². The highest BCUT2D eigenvalue weighted by molar-refractivity contribution is 5.95. The molecule has 0 aliphatic heterocycles. The number of hydrogen-bond acceptors (Lipinski definition) is 4. The van der Waals surface area contributed by atoms with Gasteiger partial charge in [-0.3, -0.25) is 14.6 Å². The van der Waals surface area contributed by atoms with Crippen molar-refractivity contribution in [3.05, 3.63) is 59.9 Å². The average Bonchev–Trinajstić information content (AvgIpc) is 2.59. The van der Waals surface area contributed by atoms with Gasteiger partial charge in [0, 0.05) is 37.5 Å². The predicted molar refractivity (Wildman–Crippen MR) is 90.4 cm³/mol. The first-order chi connectivity index (χ1) is 11.6. The molecule has 1 aromatic carbocycles. The molecule has 24 heavy (non-hydrogen) atoms. The van der Waals surface area contributed by atoms with Crippen LogP contribution in [-0.2, 0) is 16.1 Å². The Morgan fingerprint density at radius 1 is 1.04 bits per heavy atom. The van der Waals surface area contributed by atoms with E-state index in [9.17, 15) is 14.4 Å². The number of anilines is 1. The van der Waals surface area contributed by atoms with Crippen molar-refractivity contribution < 1.29 is 14.4 Å². The Balaban J connectivity index is 1.97. The number of ketones is 1. The zero-order valence-electron chi connectivity index (χ0n) is 13.4. The molecule has 1 aromatic heterocycles. The largest absolute Gasteiger partial charge is 0.348 e. The predicted octanol–water partition coefficient (Wildman–Crippen LogP) is 2.32. The maximum Gasteiger partial charge on any atom is 0.253 e. The number of aromatic nitrogens is 1. The summed E-state index contributed by atoms with van der Waals surface area (Å²) in [6.45, 7) is 1.73. The molecule has 0 atom stereocenters. The lowest BCUT2D eigenvalue weighted by Crippen LogP contribution is -2.24. The number of carbonyl (C=O) groups excluding carboxylic acids is 3. The van der Waals surface area contributed by atoms with Gasteiger partial charge in [-0.25, -0.2) is 0 Å². The van der Waals surface area contributed by atoms with Gasteiger partial charge in [0.1, 0.15) is 5.78 Å². The minimum Gasteiger partial charge on any atom is -0.348 e. The van der Waals surface area contributed by atoms with Crippen LogP contribution in [0, 0.1) is 0 Å². The van der Waals surface area contributed by atoms with E-state index in [4.69, 9.17) is 0 Å². The van der Waals surface area contributed by atoms with Gasteiger partial charge in [0.05, 0.1) is 5.56 Å². The summed E-state index contributed by atoms with van der Waals surface area (Å²) >= 11 is 0. The van der Waals surface area contributed by atoms with Crippen LogP contribution in [0.1, 0.15) is 35.7 Å². The monoisotopic (exact) mass is 325 g/mol. The zero-order valence-corrected chi connectivity index (χ0v) is 13.4. The van der Waals surface area contributed by atoms with Crippen molar-refractivity contribution in [1.29, 1.82) is 0 Å². The first-order valence-electron chi connectivity index (χ1n) is 7.61. The minimum absolute atomic E-state index is 0.0258. The SMILES string of the molecule is CC(=O)CCC(=O)Nc1ccccc1CNC(=O)c1cccnc1. The molecule has 0 saturated carbocycles. The first-order valence-corrected chi connectivity index (χ1v) is 7.61. The van der Waals surface area contributed by atoms with E-state index >= 15 is 0 Å². The third kappa shape index (κ3) is 5.31. The van der Waals surface area contributed by atoms with Crippen LogP contribution in [-0.4, -0.2) is 22.6 Å². The van der Waals surface area contributed by atoms with E-state index in [0.717, 1.165) is 5.56 Å². The van der Waals surface area contributed by atoms with Crippen LogP contribution < -0.4 is 10.6 Å². The van der Waals surface area contributed by atoms with Crippen molar-refractivity contribution in [2.75, 3.05) is 5.32 Å². The Bertz CT molecular complexity index is 729. The molecule has 1 heterocycles. The Labute approximate surface area is 140 Å². The highest BCUT2D eigenvalue weighted by atomic mass is 16.2. The van der Waals surface area contributed by atoms with Gasteiger partial charge >= 0.3 is 0 Å².